The van der Waals surface area contributed by atoms with Crippen LogP contribution in [0.3, 0.4) is 0 Å². The normalized spacial score (nSPS) is 15.3. The molecule has 1 heterocycles. The van der Waals surface area contributed by atoms with Crippen molar-refractivity contribution in [2.24, 2.45) is 0 Å². The maximum Gasteiger partial charge on any atom is 0.285 e. The number of rotatable bonds is 4. The molecular weight excluding hydrogens is 452 g/mol. The maximum atomic E-state index is 12.6. The molecule has 9 heteroatoms. The number of amides is 2. The average molecular weight is 465 g/mol. The van der Waals surface area contributed by atoms with Crippen LogP contribution in [0, 0.1) is 0 Å². The van der Waals surface area contributed by atoms with Gasteiger partial charge in [0.25, 0.3) is 11.8 Å². The molecule has 1 fully saturated rings. The lowest BCUT2D eigenvalue weighted by Gasteiger charge is -2.16. The van der Waals surface area contributed by atoms with E-state index in [0.717, 1.165) is 16.8 Å². The molecule has 2 N–H and O–H groups in total. The van der Waals surface area contributed by atoms with Crippen molar-refractivity contribution in [2.45, 2.75) is 0 Å². The highest BCUT2D eigenvalue weighted by Crippen LogP contribution is 2.33. The molecule has 0 unspecified atom stereocenters. The average Bonchev–Trinajstić information content (AvgIpc) is 2.91. The zero-order valence-electron chi connectivity index (χ0n) is 13.9. The number of carbonyl (C=O) groups is 2. The molecule has 0 spiro atoms. The van der Waals surface area contributed by atoms with Gasteiger partial charge in [-0.2, -0.15) is 5.01 Å². The highest BCUT2D eigenvalue weighted by molar-refractivity contribution is 9.10. The number of nitrogens with one attached hydrogen (secondary N) is 1. The van der Waals surface area contributed by atoms with E-state index in [4.69, 9.17) is 17.0 Å². The van der Waals surface area contributed by atoms with Gasteiger partial charge in [-0.3, -0.25) is 15.0 Å². The number of aromatic hydroxyl groups is 1. The Morgan fingerprint density at radius 1 is 1.33 bits per heavy atom. The number of phenols is 1. The third-order valence-corrected chi connectivity index (χ3v) is 5.62. The zero-order chi connectivity index (χ0) is 19.6. The number of carbonyl (C=O) groups excluding carboxylic acids is 2. The van der Waals surface area contributed by atoms with E-state index >= 15 is 0 Å². The molecule has 2 aromatic carbocycles. The van der Waals surface area contributed by atoms with Crippen molar-refractivity contribution in [1.82, 2.24) is 10.4 Å². The number of phenolic OH excluding ortho intramolecular Hbond substituents is 1. The van der Waals surface area contributed by atoms with Crippen molar-refractivity contribution in [3.05, 3.63) is 63.0 Å². The predicted octanol–water partition coefficient (Wildman–Crippen LogP) is 3.71. The summed E-state index contributed by atoms with van der Waals surface area (Å²) in [5.41, 5.74) is 3.57. The van der Waals surface area contributed by atoms with Crippen LogP contribution in [0.5, 0.6) is 11.5 Å². The molecular formula is C18H13BrN2O4S2. The van der Waals surface area contributed by atoms with Crippen molar-refractivity contribution < 1.29 is 19.4 Å². The molecule has 138 valence electrons. The Hall–Kier alpha value is -2.36. The first-order chi connectivity index (χ1) is 12.9. The molecule has 1 aliphatic rings. The fraction of sp³-hybridized carbons (Fsp3) is 0.0556. The van der Waals surface area contributed by atoms with Crippen molar-refractivity contribution in [1.29, 1.82) is 0 Å². The molecule has 0 radical (unpaired) electrons. The van der Waals surface area contributed by atoms with Gasteiger partial charge in [0.2, 0.25) is 0 Å². The lowest BCUT2D eigenvalue weighted by molar-refractivity contribution is -0.123. The van der Waals surface area contributed by atoms with Crippen molar-refractivity contribution in [3.8, 4) is 11.5 Å². The van der Waals surface area contributed by atoms with Gasteiger partial charge in [-0.15, -0.1) is 0 Å². The lowest BCUT2D eigenvalue weighted by atomic mass is 10.2. The summed E-state index contributed by atoms with van der Waals surface area (Å²) in [6.45, 7) is 0. The van der Waals surface area contributed by atoms with Crippen molar-refractivity contribution >= 4 is 62.1 Å². The standard InChI is InChI=1S/C18H13BrN2O4S2/c1-25-14-8-10(6-7-13(14)22)9-15-17(24)21(18(26)27-15)20-16(23)11-4-2-3-5-12(11)19/h2-9,22H,1H3,(H,20,23)/b15-9-. The van der Waals surface area contributed by atoms with E-state index in [1.165, 1.54) is 13.2 Å². The summed E-state index contributed by atoms with van der Waals surface area (Å²) in [5, 5.41) is 10.7. The number of halogens is 1. The van der Waals surface area contributed by atoms with E-state index in [1.54, 1.807) is 42.5 Å². The quantitative estimate of drug-likeness (QED) is 0.530. The molecule has 1 saturated heterocycles. The molecule has 0 atom stereocenters. The van der Waals surface area contributed by atoms with Crippen LogP contribution in [0.25, 0.3) is 6.08 Å². The Kier molecular flexibility index (Phi) is 5.83. The van der Waals surface area contributed by atoms with Crippen LogP contribution in [0.4, 0.5) is 0 Å². The van der Waals surface area contributed by atoms with E-state index in [1.807, 2.05) is 0 Å². The van der Waals surface area contributed by atoms with Crippen LogP contribution >= 0.6 is 39.9 Å². The summed E-state index contributed by atoms with van der Waals surface area (Å²) in [6.07, 6.45) is 1.62. The molecule has 2 amide bonds. The number of hydrogen-bond donors (Lipinski definition) is 2. The molecule has 3 rings (SSSR count). The minimum Gasteiger partial charge on any atom is -0.504 e. The Bertz CT molecular complexity index is 978. The summed E-state index contributed by atoms with van der Waals surface area (Å²) < 4.78 is 5.89. The number of nitrogens with zero attached hydrogens (tertiary/aromatic N) is 1. The van der Waals surface area contributed by atoms with Gasteiger partial charge in [-0.1, -0.05) is 30.0 Å². The topological polar surface area (TPSA) is 78.9 Å². The van der Waals surface area contributed by atoms with E-state index < -0.39 is 11.8 Å². The van der Waals surface area contributed by atoms with Gasteiger partial charge in [0.05, 0.1) is 17.6 Å². The monoisotopic (exact) mass is 464 g/mol. The highest BCUT2D eigenvalue weighted by atomic mass is 79.9. The number of thiocarbonyl (C=S) groups is 1. The van der Waals surface area contributed by atoms with E-state index in [0.29, 0.717) is 26.3 Å². The van der Waals surface area contributed by atoms with Gasteiger partial charge < -0.3 is 9.84 Å². The molecule has 0 bridgehead atoms. The zero-order valence-corrected chi connectivity index (χ0v) is 17.2. The van der Waals surface area contributed by atoms with Crippen LogP contribution in [-0.4, -0.2) is 33.4 Å². The first-order valence-corrected chi connectivity index (χ1v) is 9.63. The summed E-state index contributed by atoms with van der Waals surface area (Å²) in [6, 6.07) is 11.6. The van der Waals surface area contributed by atoms with Crippen LogP contribution in [0.1, 0.15) is 15.9 Å². The fourth-order valence-corrected chi connectivity index (χ4v) is 3.95. The largest absolute Gasteiger partial charge is 0.504 e. The number of ether oxygens (including phenoxy) is 1. The number of benzene rings is 2. The Labute approximate surface area is 173 Å². The van der Waals surface area contributed by atoms with Crippen LogP contribution in [-0.2, 0) is 4.79 Å². The van der Waals surface area contributed by atoms with Crippen LogP contribution in [0.2, 0.25) is 0 Å². The summed E-state index contributed by atoms with van der Waals surface area (Å²) in [5.74, 6) is -0.590. The first kappa shape index (κ1) is 19.4. The Balaban J connectivity index is 1.81. The minimum absolute atomic E-state index is 0.00269. The highest BCUT2D eigenvalue weighted by Gasteiger charge is 2.34. The van der Waals surface area contributed by atoms with Crippen LogP contribution < -0.4 is 10.2 Å². The smallest absolute Gasteiger partial charge is 0.285 e. The molecule has 0 aromatic heterocycles. The third-order valence-electron chi connectivity index (χ3n) is 3.63. The number of methoxy groups -OCH3 is 1. The number of thioether (sulfide) groups is 1. The van der Waals surface area contributed by atoms with E-state index in [9.17, 15) is 14.7 Å². The van der Waals surface area contributed by atoms with Gasteiger partial charge in [-0.25, -0.2) is 0 Å². The predicted molar refractivity (Wildman–Crippen MR) is 111 cm³/mol. The second-order valence-electron chi connectivity index (χ2n) is 5.37. The summed E-state index contributed by atoms with van der Waals surface area (Å²) in [4.78, 5) is 25.4. The van der Waals surface area contributed by atoms with Gasteiger partial charge in [0.1, 0.15) is 0 Å². The van der Waals surface area contributed by atoms with Gasteiger partial charge in [-0.05, 0) is 64.1 Å². The maximum absolute atomic E-state index is 12.6. The van der Waals surface area contributed by atoms with Crippen molar-refractivity contribution in [2.75, 3.05) is 7.11 Å². The number of hydrazine groups is 1. The molecule has 0 aliphatic carbocycles. The van der Waals surface area contributed by atoms with E-state index in [-0.39, 0.29) is 10.1 Å². The Morgan fingerprint density at radius 2 is 2.07 bits per heavy atom. The second kappa shape index (κ2) is 8.12. The Morgan fingerprint density at radius 3 is 2.78 bits per heavy atom. The first-order valence-electron chi connectivity index (χ1n) is 7.61. The van der Waals surface area contributed by atoms with Crippen LogP contribution in [0.15, 0.2) is 51.8 Å². The van der Waals surface area contributed by atoms with E-state index in [2.05, 4.69) is 21.4 Å². The fourth-order valence-electron chi connectivity index (χ4n) is 2.31. The van der Waals surface area contributed by atoms with Crippen molar-refractivity contribution in [3.63, 3.8) is 0 Å². The van der Waals surface area contributed by atoms with Gasteiger partial charge in [0.15, 0.2) is 15.8 Å². The van der Waals surface area contributed by atoms with Gasteiger partial charge in [0, 0.05) is 4.47 Å². The lowest BCUT2D eigenvalue weighted by Crippen LogP contribution is -2.44. The summed E-state index contributed by atoms with van der Waals surface area (Å²) >= 11 is 9.60. The second-order valence-corrected chi connectivity index (χ2v) is 7.90. The molecule has 2 aromatic rings. The molecule has 6 nitrogen and oxygen atoms in total. The minimum atomic E-state index is -0.452. The van der Waals surface area contributed by atoms with Gasteiger partial charge >= 0.3 is 0 Å². The third kappa shape index (κ3) is 4.15. The molecule has 27 heavy (non-hydrogen) atoms. The number of hydrogen-bond acceptors (Lipinski definition) is 6. The SMILES string of the molecule is COc1cc(/C=C2\SC(=S)N(NC(=O)c3ccccc3Br)C2=O)ccc1O. The molecule has 1 aliphatic heterocycles. The molecule has 0 saturated carbocycles. The summed E-state index contributed by atoms with van der Waals surface area (Å²) in [7, 11) is 1.44.